The lowest BCUT2D eigenvalue weighted by Crippen LogP contribution is -2.46. The van der Waals surface area contributed by atoms with Gasteiger partial charge in [-0.2, -0.15) is 0 Å². The van der Waals surface area contributed by atoms with Crippen molar-refractivity contribution in [1.29, 1.82) is 0 Å². The molecular formula is C15H22N2. The summed E-state index contributed by atoms with van der Waals surface area (Å²) in [5.41, 5.74) is 1.40. The predicted octanol–water partition coefficient (Wildman–Crippen LogP) is 2.40. The second-order valence-corrected chi connectivity index (χ2v) is 5.59. The summed E-state index contributed by atoms with van der Waals surface area (Å²) in [6, 6.07) is 13.1. The molecule has 1 N–H and O–H groups in total. The van der Waals surface area contributed by atoms with Gasteiger partial charge in [-0.15, -0.1) is 0 Å². The van der Waals surface area contributed by atoms with Crippen LogP contribution in [-0.4, -0.2) is 30.1 Å². The van der Waals surface area contributed by atoms with E-state index in [0.717, 1.165) is 24.7 Å². The van der Waals surface area contributed by atoms with Crippen molar-refractivity contribution in [3.05, 3.63) is 35.9 Å². The van der Waals surface area contributed by atoms with E-state index in [9.17, 15) is 0 Å². The Kier molecular flexibility index (Phi) is 3.17. The highest BCUT2D eigenvalue weighted by Gasteiger charge is 2.37. The van der Waals surface area contributed by atoms with Crippen LogP contribution in [0.1, 0.15) is 31.2 Å². The molecule has 2 heteroatoms. The summed E-state index contributed by atoms with van der Waals surface area (Å²) in [5.74, 6) is 0. The molecule has 0 amide bonds. The van der Waals surface area contributed by atoms with Gasteiger partial charge in [0.05, 0.1) is 0 Å². The van der Waals surface area contributed by atoms with Gasteiger partial charge in [-0.3, -0.25) is 0 Å². The number of benzene rings is 1. The van der Waals surface area contributed by atoms with E-state index in [2.05, 4.69) is 47.6 Å². The van der Waals surface area contributed by atoms with Gasteiger partial charge < -0.3 is 10.2 Å². The summed E-state index contributed by atoms with van der Waals surface area (Å²) >= 11 is 0. The maximum absolute atomic E-state index is 3.73. The van der Waals surface area contributed by atoms with Gasteiger partial charge in [-0.05, 0) is 38.3 Å². The number of nitrogens with zero attached hydrogens (tertiary/aromatic N) is 1. The number of hydrogen-bond acceptors (Lipinski definition) is 2. The summed E-state index contributed by atoms with van der Waals surface area (Å²) in [6.45, 7) is 1.02. The van der Waals surface area contributed by atoms with E-state index in [-0.39, 0.29) is 0 Å². The van der Waals surface area contributed by atoms with Crippen LogP contribution in [0, 0.1) is 0 Å². The Bertz CT molecular complexity index is 348. The third-order valence-corrected chi connectivity index (χ3v) is 4.54. The molecule has 1 unspecified atom stereocenters. The Hall–Kier alpha value is -0.860. The van der Waals surface area contributed by atoms with Crippen molar-refractivity contribution in [3.63, 3.8) is 0 Å². The zero-order valence-corrected chi connectivity index (χ0v) is 10.6. The first-order valence-electron chi connectivity index (χ1n) is 6.82. The van der Waals surface area contributed by atoms with E-state index in [1.807, 2.05) is 0 Å². The van der Waals surface area contributed by atoms with Crippen LogP contribution >= 0.6 is 0 Å². The molecule has 0 aromatic heterocycles. The van der Waals surface area contributed by atoms with Gasteiger partial charge in [0.15, 0.2) is 0 Å². The van der Waals surface area contributed by atoms with E-state index < -0.39 is 0 Å². The molecule has 17 heavy (non-hydrogen) atoms. The summed E-state index contributed by atoms with van der Waals surface area (Å²) in [4.78, 5) is 2.60. The average Bonchev–Trinajstić information content (AvgIpc) is 2.61. The highest BCUT2D eigenvalue weighted by molar-refractivity contribution is 5.14. The SMILES string of the molecule is CN1[C@@H]2CC[C@H]1CC(NCc1ccccc1)C2. The van der Waals surface area contributed by atoms with Crippen LogP contribution in [-0.2, 0) is 6.54 Å². The molecule has 0 spiro atoms. The summed E-state index contributed by atoms with van der Waals surface area (Å²) in [6.07, 6.45) is 5.48. The Labute approximate surface area is 104 Å². The molecule has 2 heterocycles. The molecule has 1 aromatic carbocycles. The van der Waals surface area contributed by atoms with Crippen LogP contribution in [0.25, 0.3) is 0 Å². The van der Waals surface area contributed by atoms with Crippen molar-refractivity contribution in [3.8, 4) is 0 Å². The largest absolute Gasteiger partial charge is 0.310 e. The average molecular weight is 230 g/mol. The lowest BCUT2D eigenvalue weighted by atomic mass is 9.98. The number of hydrogen-bond donors (Lipinski definition) is 1. The fourth-order valence-corrected chi connectivity index (χ4v) is 3.44. The molecular weight excluding hydrogens is 208 g/mol. The Morgan fingerprint density at radius 2 is 1.76 bits per heavy atom. The molecule has 0 saturated carbocycles. The van der Waals surface area contributed by atoms with Crippen molar-refractivity contribution in [2.45, 2.75) is 50.4 Å². The third kappa shape index (κ3) is 2.38. The van der Waals surface area contributed by atoms with Gasteiger partial charge >= 0.3 is 0 Å². The number of rotatable bonds is 3. The standard InChI is InChI=1S/C15H22N2/c1-17-14-7-8-15(17)10-13(9-14)16-11-12-5-3-2-4-6-12/h2-6,13-16H,7-11H2,1H3/t13?,14-,15+. The van der Waals surface area contributed by atoms with E-state index >= 15 is 0 Å². The van der Waals surface area contributed by atoms with Crippen molar-refractivity contribution in [2.24, 2.45) is 0 Å². The van der Waals surface area contributed by atoms with Crippen molar-refractivity contribution in [2.75, 3.05) is 7.05 Å². The first-order chi connectivity index (χ1) is 8.33. The lowest BCUT2D eigenvalue weighted by Gasteiger charge is -2.36. The van der Waals surface area contributed by atoms with Gasteiger partial charge in [0.1, 0.15) is 0 Å². The van der Waals surface area contributed by atoms with Crippen molar-refractivity contribution < 1.29 is 0 Å². The number of nitrogens with one attached hydrogen (secondary N) is 1. The van der Waals surface area contributed by atoms with E-state index in [1.54, 1.807) is 0 Å². The molecule has 2 nitrogen and oxygen atoms in total. The number of piperidine rings is 1. The molecule has 1 aromatic rings. The fraction of sp³-hybridized carbons (Fsp3) is 0.600. The van der Waals surface area contributed by atoms with Gasteiger partial charge in [0, 0.05) is 24.7 Å². The predicted molar refractivity (Wildman–Crippen MR) is 70.9 cm³/mol. The molecule has 2 fully saturated rings. The molecule has 2 bridgehead atoms. The minimum atomic E-state index is 0.726. The number of fused-ring (bicyclic) bond motifs is 2. The van der Waals surface area contributed by atoms with Gasteiger partial charge in [0.2, 0.25) is 0 Å². The van der Waals surface area contributed by atoms with E-state index in [1.165, 1.54) is 31.2 Å². The normalized spacial score (nSPS) is 32.9. The Morgan fingerprint density at radius 1 is 1.12 bits per heavy atom. The highest BCUT2D eigenvalue weighted by atomic mass is 15.2. The Morgan fingerprint density at radius 3 is 2.41 bits per heavy atom. The molecule has 0 aliphatic carbocycles. The molecule has 2 saturated heterocycles. The van der Waals surface area contributed by atoms with Crippen molar-refractivity contribution >= 4 is 0 Å². The summed E-state index contributed by atoms with van der Waals surface area (Å²) in [5, 5.41) is 3.73. The van der Waals surface area contributed by atoms with Crippen LogP contribution in [0.3, 0.4) is 0 Å². The minimum absolute atomic E-state index is 0.726. The van der Waals surface area contributed by atoms with E-state index in [0.29, 0.717) is 0 Å². The zero-order valence-electron chi connectivity index (χ0n) is 10.6. The highest BCUT2D eigenvalue weighted by Crippen LogP contribution is 2.34. The molecule has 2 aliphatic rings. The molecule has 3 rings (SSSR count). The van der Waals surface area contributed by atoms with Gasteiger partial charge in [-0.1, -0.05) is 30.3 Å². The third-order valence-electron chi connectivity index (χ3n) is 4.54. The van der Waals surface area contributed by atoms with Crippen LogP contribution in [0.2, 0.25) is 0 Å². The smallest absolute Gasteiger partial charge is 0.0208 e. The molecule has 2 aliphatic heterocycles. The van der Waals surface area contributed by atoms with Gasteiger partial charge in [-0.25, -0.2) is 0 Å². The summed E-state index contributed by atoms with van der Waals surface area (Å²) in [7, 11) is 2.30. The van der Waals surface area contributed by atoms with Crippen LogP contribution in [0.15, 0.2) is 30.3 Å². The monoisotopic (exact) mass is 230 g/mol. The molecule has 0 radical (unpaired) electrons. The summed E-state index contributed by atoms with van der Waals surface area (Å²) < 4.78 is 0. The van der Waals surface area contributed by atoms with E-state index in [4.69, 9.17) is 0 Å². The topological polar surface area (TPSA) is 15.3 Å². The molecule has 92 valence electrons. The Balaban J connectivity index is 1.54. The van der Waals surface area contributed by atoms with Crippen LogP contribution in [0.4, 0.5) is 0 Å². The van der Waals surface area contributed by atoms with Crippen LogP contribution in [0.5, 0.6) is 0 Å². The maximum Gasteiger partial charge on any atom is 0.0208 e. The van der Waals surface area contributed by atoms with Crippen molar-refractivity contribution in [1.82, 2.24) is 10.2 Å². The minimum Gasteiger partial charge on any atom is -0.310 e. The van der Waals surface area contributed by atoms with Gasteiger partial charge in [0.25, 0.3) is 0 Å². The first-order valence-corrected chi connectivity index (χ1v) is 6.82. The first kappa shape index (κ1) is 11.2. The molecule has 3 atom stereocenters. The fourth-order valence-electron chi connectivity index (χ4n) is 3.44. The maximum atomic E-state index is 3.73. The van der Waals surface area contributed by atoms with Crippen LogP contribution < -0.4 is 5.32 Å². The quantitative estimate of drug-likeness (QED) is 0.858. The zero-order chi connectivity index (χ0) is 11.7. The second kappa shape index (κ2) is 4.79. The second-order valence-electron chi connectivity index (χ2n) is 5.59. The lowest BCUT2D eigenvalue weighted by molar-refractivity contribution is 0.148.